The first-order chi connectivity index (χ1) is 9.60. The number of aromatic carboxylic acids is 1. The van der Waals surface area contributed by atoms with Crippen molar-refractivity contribution >= 4 is 11.7 Å². The number of benzene rings is 2. The molecule has 0 spiro atoms. The predicted molar refractivity (Wildman–Crippen MR) is 81.3 cm³/mol. The summed E-state index contributed by atoms with van der Waals surface area (Å²) in [4.78, 5) is 13.2. The molecule has 0 unspecified atom stereocenters. The van der Waals surface area contributed by atoms with E-state index in [1.807, 2.05) is 12.1 Å². The smallest absolute Gasteiger partial charge is 0.335 e. The molecular formula is C17H19NO2. The van der Waals surface area contributed by atoms with Gasteiger partial charge >= 0.3 is 5.97 Å². The van der Waals surface area contributed by atoms with Crippen molar-refractivity contribution in [2.45, 2.75) is 20.4 Å². The van der Waals surface area contributed by atoms with Gasteiger partial charge in [-0.2, -0.15) is 0 Å². The van der Waals surface area contributed by atoms with E-state index < -0.39 is 5.97 Å². The topological polar surface area (TPSA) is 40.5 Å². The second-order valence-electron chi connectivity index (χ2n) is 4.86. The van der Waals surface area contributed by atoms with E-state index in [1.165, 1.54) is 11.1 Å². The van der Waals surface area contributed by atoms with Gasteiger partial charge < -0.3 is 10.0 Å². The summed E-state index contributed by atoms with van der Waals surface area (Å²) in [5.41, 5.74) is 3.73. The zero-order valence-electron chi connectivity index (χ0n) is 11.8. The van der Waals surface area contributed by atoms with Crippen molar-refractivity contribution in [3.05, 3.63) is 65.2 Å². The molecule has 2 aromatic carbocycles. The van der Waals surface area contributed by atoms with Crippen molar-refractivity contribution < 1.29 is 9.90 Å². The van der Waals surface area contributed by atoms with Gasteiger partial charge in [0.1, 0.15) is 0 Å². The van der Waals surface area contributed by atoms with Crippen LogP contribution in [-0.2, 0) is 6.54 Å². The lowest BCUT2D eigenvalue weighted by Gasteiger charge is -2.23. The van der Waals surface area contributed by atoms with Gasteiger partial charge in [-0.05, 0) is 37.6 Å². The standard InChI is InChI=1S/C17H19NO2/c1-3-18(12-14-7-4-6-13(2)10-14)16-9-5-8-15(11-16)17(19)20/h4-11H,3,12H2,1-2H3,(H,19,20). The van der Waals surface area contributed by atoms with Crippen molar-refractivity contribution in [3.63, 3.8) is 0 Å². The number of hydrogen-bond acceptors (Lipinski definition) is 2. The minimum Gasteiger partial charge on any atom is -0.478 e. The fraction of sp³-hybridized carbons (Fsp3) is 0.235. The predicted octanol–water partition coefficient (Wildman–Crippen LogP) is 3.72. The molecule has 2 rings (SSSR count). The summed E-state index contributed by atoms with van der Waals surface area (Å²) in [6, 6.07) is 15.5. The third kappa shape index (κ3) is 3.38. The van der Waals surface area contributed by atoms with Gasteiger partial charge in [0.15, 0.2) is 0 Å². The van der Waals surface area contributed by atoms with Crippen molar-refractivity contribution in [1.29, 1.82) is 0 Å². The minimum absolute atomic E-state index is 0.324. The van der Waals surface area contributed by atoms with Crippen LogP contribution in [0.15, 0.2) is 48.5 Å². The quantitative estimate of drug-likeness (QED) is 0.899. The molecule has 0 heterocycles. The number of carboxylic acid groups (broad SMARTS) is 1. The van der Waals surface area contributed by atoms with E-state index in [-0.39, 0.29) is 0 Å². The van der Waals surface area contributed by atoms with E-state index in [0.29, 0.717) is 5.56 Å². The number of anilines is 1. The summed E-state index contributed by atoms with van der Waals surface area (Å²) < 4.78 is 0. The highest BCUT2D eigenvalue weighted by atomic mass is 16.4. The second-order valence-corrected chi connectivity index (χ2v) is 4.86. The Kier molecular flexibility index (Phi) is 4.41. The van der Waals surface area contributed by atoms with Gasteiger partial charge in [-0.1, -0.05) is 35.9 Å². The first kappa shape index (κ1) is 14.1. The lowest BCUT2D eigenvalue weighted by molar-refractivity contribution is 0.0697. The van der Waals surface area contributed by atoms with E-state index in [0.717, 1.165) is 18.8 Å². The lowest BCUT2D eigenvalue weighted by atomic mass is 10.1. The number of rotatable bonds is 5. The van der Waals surface area contributed by atoms with Crippen molar-refractivity contribution in [3.8, 4) is 0 Å². The third-order valence-electron chi connectivity index (χ3n) is 3.30. The highest BCUT2D eigenvalue weighted by Gasteiger charge is 2.09. The normalized spacial score (nSPS) is 10.3. The van der Waals surface area contributed by atoms with E-state index in [4.69, 9.17) is 5.11 Å². The third-order valence-corrected chi connectivity index (χ3v) is 3.30. The molecule has 0 aliphatic carbocycles. The molecule has 3 nitrogen and oxygen atoms in total. The first-order valence-electron chi connectivity index (χ1n) is 6.74. The Labute approximate surface area is 119 Å². The van der Waals surface area contributed by atoms with E-state index in [9.17, 15) is 4.79 Å². The van der Waals surface area contributed by atoms with Crippen LogP contribution in [0.1, 0.15) is 28.4 Å². The fourth-order valence-corrected chi connectivity index (χ4v) is 2.25. The number of aryl methyl sites for hydroxylation is 1. The average molecular weight is 269 g/mol. The molecule has 0 aliphatic heterocycles. The molecule has 2 aromatic rings. The van der Waals surface area contributed by atoms with Crippen LogP contribution < -0.4 is 4.90 Å². The summed E-state index contributed by atoms with van der Waals surface area (Å²) in [7, 11) is 0. The van der Waals surface area contributed by atoms with Crippen LogP contribution in [0.2, 0.25) is 0 Å². The van der Waals surface area contributed by atoms with Crippen molar-refractivity contribution in [2.24, 2.45) is 0 Å². The monoisotopic (exact) mass is 269 g/mol. The zero-order chi connectivity index (χ0) is 14.5. The maximum absolute atomic E-state index is 11.0. The van der Waals surface area contributed by atoms with Gasteiger partial charge in [-0.25, -0.2) is 4.79 Å². The molecule has 0 aliphatic rings. The van der Waals surface area contributed by atoms with E-state index in [2.05, 4.69) is 36.9 Å². The summed E-state index contributed by atoms with van der Waals surface area (Å²) in [6.45, 7) is 5.76. The molecule has 0 aromatic heterocycles. The molecule has 1 N–H and O–H groups in total. The Morgan fingerprint density at radius 2 is 1.90 bits per heavy atom. The van der Waals surface area contributed by atoms with Gasteiger partial charge in [0, 0.05) is 18.8 Å². The molecule has 0 amide bonds. The summed E-state index contributed by atoms with van der Waals surface area (Å²) in [5.74, 6) is -0.890. The van der Waals surface area contributed by atoms with Gasteiger partial charge in [-0.15, -0.1) is 0 Å². The second kappa shape index (κ2) is 6.24. The van der Waals surface area contributed by atoms with Crippen LogP contribution in [0.4, 0.5) is 5.69 Å². The van der Waals surface area contributed by atoms with Crippen LogP contribution in [0, 0.1) is 6.92 Å². The largest absolute Gasteiger partial charge is 0.478 e. The first-order valence-corrected chi connectivity index (χ1v) is 6.74. The Bertz CT molecular complexity index is 607. The van der Waals surface area contributed by atoms with Crippen molar-refractivity contribution in [1.82, 2.24) is 0 Å². The summed E-state index contributed by atoms with van der Waals surface area (Å²) in [5, 5.41) is 9.07. The maximum atomic E-state index is 11.0. The van der Waals surface area contributed by atoms with Crippen molar-refractivity contribution in [2.75, 3.05) is 11.4 Å². The van der Waals surface area contributed by atoms with E-state index in [1.54, 1.807) is 18.2 Å². The average Bonchev–Trinajstić information content (AvgIpc) is 2.45. The lowest BCUT2D eigenvalue weighted by Crippen LogP contribution is -2.22. The molecular weight excluding hydrogens is 250 g/mol. The Morgan fingerprint density at radius 3 is 2.55 bits per heavy atom. The van der Waals surface area contributed by atoms with Crippen LogP contribution in [0.5, 0.6) is 0 Å². The minimum atomic E-state index is -0.890. The molecule has 0 radical (unpaired) electrons. The van der Waals surface area contributed by atoms with Crippen LogP contribution >= 0.6 is 0 Å². The summed E-state index contributed by atoms with van der Waals surface area (Å²) in [6.07, 6.45) is 0. The number of hydrogen-bond donors (Lipinski definition) is 1. The molecule has 0 saturated heterocycles. The number of nitrogens with zero attached hydrogens (tertiary/aromatic N) is 1. The number of carboxylic acids is 1. The number of carbonyl (C=O) groups is 1. The molecule has 0 atom stereocenters. The van der Waals surface area contributed by atoms with Crippen LogP contribution in [0.25, 0.3) is 0 Å². The highest BCUT2D eigenvalue weighted by Crippen LogP contribution is 2.19. The Morgan fingerprint density at radius 1 is 1.15 bits per heavy atom. The molecule has 104 valence electrons. The van der Waals surface area contributed by atoms with Gasteiger partial charge in [-0.3, -0.25) is 0 Å². The molecule has 0 saturated carbocycles. The van der Waals surface area contributed by atoms with Crippen LogP contribution in [0.3, 0.4) is 0 Å². The summed E-state index contributed by atoms with van der Waals surface area (Å²) >= 11 is 0. The molecule has 20 heavy (non-hydrogen) atoms. The van der Waals surface area contributed by atoms with E-state index >= 15 is 0 Å². The zero-order valence-corrected chi connectivity index (χ0v) is 11.8. The molecule has 0 bridgehead atoms. The Hall–Kier alpha value is -2.29. The highest BCUT2D eigenvalue weighted by molar-refractivity contribution is 5.88. The molecule has 0 fully saturated rings. The fourth-order valence-electron chi connectivity index (χ4n) is 2.25. The van der Waals surface area contributed by atoms with Crippen LogP contribution in [-0.4, -0.2) is 17.6 Å². The Balaban J connectivity index is 2.24. The SMILES string of the molecule is CCN(Cc1cccc(C)c1)c1cccc(C(=O)O)c1. The van der Waals surface area contributed by atoms with Gasteiger partial charge in [0.2, 0.25) is 0 Å². The molecule has 3 heteroatoms. The van der Waals surface area contributed by atoms with Gasteiger partial charge in [0.05, 0.1) is 5.56 Å². The maximum Gasteiger partial charge on any atom is 0.335 e. The van der Waals surface area contributed by atoms with Gasteiger partial charge in [0.25, 0.3) is 0 Å².